The molecule has 0 bridgehead atoms. The van der Waals surface area contributed by atoms with Crippen LogP contribution in [0.3, 0.4) is 0 Å². The molecule has 1 saturated heterocycles. The zero-order valence-electron chi connectivity index (χ0n) is 11.1. The molecular weight excluding hydrogens is 186 g/mol. The van der Waals surface area contributed by atoms with E-state index in [1.54, 1.807) is 0 Å². The molecule has 0 radical (unpaired) electrons. The monoisotopic (exact) mass is 213 g/mol. The van der Waals surface area contributed by atoms with Gasteiger partial charge in [0.15, 0.2) is 5.96 Å². The van der Waals surface area contributed by atoms with Gasteiger partial charge in [-0.25, -0.2) is 0 Å². The van der Waals surface area contributed by atoms with Gasteiger partial charge in [-0.3, -0.25) is 4.99 Å². The quantitative estimate of drug-likeness (QED) is 0.454. The molecule has 3 nitrogen and oxygen atoms in total. The molecule has 1 aliphatic rings. The minimum Gasteiger partial charge on any atom is -0.349 e. The summed E-state index contributed by atoms with van der Waals surface area (Å²) >= 11 is 0. The number of rotatable bonds is 0. The molecule has 0 aliphatic carbocycles. The minimum atomic E-state index is 1.12. The second-order valence-corrected chi connectivity index (χ2v) is 4.17. The molecule has 90 valence electrons. The van der Waals surface area contributed by atoms with Crippen molar-refractivity contribution in [3.63, 3.8) is 0 Å². The van der Waals surface area contributed by atoms with Crippen molar-refractivity contribution in [1.82, 2.24) is 9.80 Å². The SMILES string of the molecule is CCC.CN=C(N(C)C)N1CCCCC1. The Morgan fingerprint density at radius 3 is 1.93 bits per heavy atom. The lowest BCUT2D eigenvalue weighted by atomic mass is 10.1. The maximum absolute atomic E-state index is 4.28. The second-order valence-electron chi connectivity index (χ2n) is 4.17. The maximum Gasteiger partial charge on any atom is 0.195 e. The number of guanidine groups is 1. The molecule has 1 rings (SSSR count). The van der Waals surface area contributed by atoms with Gasteiger partial charge in [0.1, 0.15) is 0 Å². The Kier molecular flexibility index (Phi) is 8.15. The lowest BCUT2D eigenvalue weighted by molar-refractivity contribution is 0.308. The van der Waals surface area contributed by atoms with E-state index in [1.807, 2.05) is 7.05 Å². The standard InChI is InChI=1S/C9H19N3.C3H8/c1-10-9(11(2)3)12-7-5-4-6-8-12;1-3-2/h4-8H2,1-3H3;3H2,1-2H3. The molecule has 0 unspecified atom stereocenters. The Hall–Kier alpha value is -0.730. The van der Waals surface area contributed by atoms with Crippen LogP contribution in [0.2, 0.25) is 0 Å². The van der Waals surface area contributed by atoms with E-state index < -0.39 is 0 Å². The van der Waals surface area contributed by atoms with Crippen molar-refractivity contribution in [2.75, 3.05) is 34.2 Å². The predicted octanol–water partition coefficient (Wildman–Crippen LogP) is 2.44. The summed E-state index contributed by atoms with van der Waals surface area (Å²) in [5.41, 5.74) is 0. The van der Waals surface area contributed by atoms with Crippen molar-refractivity contribution in [3.8, 4) is 0 Å². The molecular formula is C12H27N3. The van der Waals surface area contributed by atoms with E-state index in [9.17, 15) is 0 Å². The van der Waals surface area contributed by atoms with Gasteiger partial charge >= 0.3 is 0 Å². The van der Waals surface area contributed by atoms with E-state index in [2.05, 4.69) is 42.7 Å². The first-order valence-corrected chi connectivity index (χ1v) is 6.06. The van der Waals surface area contributed by atoms with Crippen LogP contribution in [0.5, 0.6) is 0 Å². The largest absolute Gasteiger partial charge is 0.349 e. The third-order valence-electron chi connectivity index (χ3n) is 2.24. The molecule has 0 N–H and O–H groups in total. The predicted molar refractivity (Wildman–Crippen MR) is 68.4 cm³/mol. The van der Waals surface area contributed by atoms with Crippen LogP contribution >= 0.6 is 0 Å². The summed E-state index contributed by atoms with van der Waals surface area (Å²) in [7, 11) is 5.97. The van der Waals surface area contributed by atoms with Crippen LogP contribution < -0.4 is 0 Å². The molecule has 0 saturated carbocycles. The lowest BCUT2D eigenvalue weighted by Gasteiger charge is -2.32. The van der Waals surface area contributed by atoms with E-state index in [0.29, 0.717) is 0 Å². The molecule has 0 amide bonds. The molecule has 1 aliphatic heterocycles. The first kappa shape index (κ1) is 14.3. The van der Waals surface area contributed by atoms with Gasteiger partial charge in [-0.1, -0.05) is 20.3 Å². The average molecular weight is 213 g/mol. The Morgan fingerprint density at radius 2 is 1.60 bits per heavy atom. The highest BCUT2D eigenvalue weighted by Crippen LogP contribution is 2.09. The fraction of sp³-hybridized carbons (Fsp3) is 0.917. The van der Waals surface area contributed by atoms with Gasteiger partial charge in [0.2, 0.25) is 0 Å². The van der Waals surface area contributed by atoms with Crippen LogP contribution in [-0.2, 0) is 0 Å². The molecule has 0 spiro atoms. The van der Waals surface area contributed by atoms with Crippen molar-refractivity contribution in [2.45, 2.75) is 39.5 Å². The molecule has 0 aromatic rings. The van der Waals surface area contributed by atoms with E-state index in [1.165, 1.54) is 38.8 Å². The van der Waals surface area contributed by atoms with Gasteiger partial charge in [-0.15, -0.1) is 0 Å². The molecule has 1 fully saturated rings. The van der Waals surface area contributed by atoms with Crippen LogP contribution in [0.4, 0.5) is 0 Å². The zero-order chi connectivity index (χ0) is 11.7. The number of aliphatic imine (C=N–C) groups is 1. The third-order valence-corrected chi connectivity index (χ3v) is 2.24. The number of hydrogen-bond donors (Lipinski definition) is 0. The highest BCUT2D eigenvalue weighted by Gasteiger charge is 2.14. The molecule has 15 heavy (non-hydrogen) atoms. The van der Waals surface area contributed by atoms with E-state index in [-0.39, 0.29) is 0 Å². The summed E-state index contributed by atoms with van der Waals surface area (Å²) in [6.07, 6.45) is 5.25. The number of nitrogens with zero attached hydrogens (tertiary/aromatic N) is 3. The molecule has 0 atom stereocenters. The number of likely N-dealkylation sites (tertiary alicyclic amines) is 1. The summed E-state index contributed by atoms with van der Waals surface area (Å²) in [5.74, 6) is 1.12. The van der Waals surface area contributed by atoms with Crippen molar-refractivity contribution in [3.05, 3.63) is 0 Å². The number of piperidine rings is 1. The summed E-state index contributed by atoms with van der Waals surface area (Å²) < 4.78 is 0. The number of hydrogen-bond acceptors (Lipinski definition) is 1. The smallest absolute Gasteiger partial charge is 0.195 e. The summed E-state index contributed by atoms with van der Waals surface area (Å²) in [6.45, 7) is 6.59. The van der Waals surface area contributed by atoms with Crippen LogP contribution in [0.15, 0.2) is 4.99 Å². The lowest BCUT2D eigenvalue weighted by Crippen LogP contribution is -2.43. The minimum absolute atomic E-state index is 1.12. The van der Waals surface area contributed by atoms with Gasteiger partial charge in [-0.05, 0) is 19.3 Å². The highest BCUT2D eigenvalue weighted by atomic mass is 15.4. The molecule has 1 heterocycles. The van der Waals surface area contributed by atoms with Gasteiger partial charge < -0.3 is 9.80 Å². The maximum atomic E-state index is 4.28. The van der Waals surface area contributed by atoms with Crippen molar-refractivity contribution in [2.24, 2.45) is 4.99 Å². The van der Waals surface area contributed by atoms with Gasteiger partial charge in [0.05, 0.1) is 0 Å². The van der Waals surface area contributed by atoms with E-state index in [0.717, 1.165) is 5.96 Å². The topological polar surface area (TPSA) is 18.8 Å². The Labute approximate surface area is 95.2 Å². The fourth-order valence-electron chi connectivity index (χ4n) is 1.72. The van der Waals surface area contributed by atoms with Crippen LogP contribution in [0.1, 0.15) is 39.5 Å². The molecule has 3 heteroatoms. The third kappa shape index (κ3) is 5.65. The normalized spacial score (nSPS) is 16.9. The van der Waals surface area contributed by atoms with E-state index in [4.69, 9.17) is 0 Å². The summed E-state index contributed by atoms with van der Waals surface area (Å²) in [4.78, 5) is 8.73. The Bertz CT molecular complexity index is 170. The fourth-order valence-corrected chi connectivity index (χ4v) is 1.72. The van der Waals surface area contributed by atoms with Crippen molar-refractivity contribution in [1.29, 1.82) is 0 Å². The first-order valence-electron chi connectivity index (χ1n) is 6.06. The van der Waals surface area contributed by atoms with Crippen LogP contribution in [-0.4, -0.2) is 50.0 Å². The van der Waals surface area contributed by atoms with Crippen molar-refractivity contribution >= 4 is 5.96 Å². The Balaban J connectivity index is 0.000000583. The van der Waals surface area contributed by atoms with E-state index >= 15 is 0 Å². The highest BCUT2D eigenvalue weighted by molar-refractivity contribution is 5.79. The molecule has 0 aromatic heterocycles. The van der Waals surface area contributed by atoms with Crippen LogP contribution in [0, 0.1) is 0 Å². The van der Waals surface area contributed by atoms with Crippen molar-refractivity contribution < 1.29 is 0 Å². The Morgan fingerprint density at radius 1 is 1.13 bits per heavy atom. The summed E-state index contributed by atoms with van der Waals surface area (Å²) in [5, 5.41) is 0. The first-order chi connectivity index (χ1) is 7.17. The summed E-state index contributed by atoms with van der Waals surface area (Å²) in [6, 6.07) is 0. The zero-order valence-corrected chi connectivity index (χ0v) is 11.1. The van der Waals surface area contributed by atoms with Gasteiger partial charge in [0, 0.05) is 34.2 Å². The van der Waals surface area contributed by atoms with Gasteiger partial charge in [0.25, 0.3) is 0 Å². The molecule has 0 aromatic carbocycles. The van der Waals surface area contributed by atoms with Gasteiger partial charge in [-0.2, -0.15) is 0 Å². The second kappa shape index (κ2) is 8.57. The average Bonchev–Trinajstić information content (AvgIpc) is 2.21. The van der Waals surface area contributed by atoms with Crippen LogP contribution in [0.25, 0.3) is 0 Å².